The lowest BCUT2D eigenvalue weighted by molar-refractivity contribution is -0.155. The molecule has 0 spiro atoms. The molecule has 0 amide bonds. The van der Waals surface area contributed by atoms with Gasteiger partial charge in [-0.15, -0.1) is 0 Å². The molecule has 284 valence electrons. The zero-order valence-electron chi connectivity index (χ0n) is 31.0. The highest BCUT2D eigenvalue weighted by molar-refractivity contribution is 5.80. The van der Waals surface area contributed by atoms with E-state index in [-0.39, 0.29) is 85.0 Å². The van der Waals surface area contributed by atoms with Crippen LogP contribution in [0.5, 0.6) is 34.5 Å². The van der Waals surface area contributed by atoms with Crippen LogP contribution in [0.3, 0.4) is 0 Å². The predicted molar refractivity (Wildman–Crippen MR) is 187 cm³/mol. The van der Waals surface area contributed by atoms with Crippen LogP contribution in [0.4, 0.5) is 0 Å². The second kappa shape index (κ2) is 20.8. The number of ether oxygens (including phenoxy) is 7. The van der Waals surface area contributed by atoms with E-state index >= 15 is 0 Å². The van der Waals surface area contributed by atoms with Crippen LogP contribution in [-0.4, -0.2) is 41.9 Å². The van der Waals surface area contributed by atoms with Crippen molar-refractivity contribution in [2.45, 2.75) is 137 Å². The van der Waals surface area contributed by atoms with Crippen molar-refractivity contribution in [3.8, 4) is 34.5 Å². The normalized spacial score (nSPS) is 14.7. The zero-order valence-corrected chi connectivity index (χ0v) is 31.0. The Bertz CT molecular complexity index is 1550. The van der Waals surface area contributed by atoms with Gasteiger partial charge in [0.2, 0.25) is 5.75 Å². The topological polar surface area (TPSA) is 167 Å². The van der Waals surface area contributed by atoms with Gasteiger partial charge in [-0.25, -0.2) is 0 Å². The van der Waals surface area contributed by atoms with Gasteiger partial charge in [0.25, 0.3) is 0 Å². The smallest absolute Gasteiger partial charge is 0.311 e. The molecule has 52 heavy (non-hydrogen) atoms. The third-order valence-electron chi connectivity index (χ3n) is 7.64. The standard InChI is InChI=1S/C39H50O13/c1-7-13-32(40)46-25-21-27(47-33(41)14-8-2)26-23-31(50-36(44)17-11-5)38(51-28(26)22-25)24-19-29(48-34(42)15-9-3)39(52-37(45)18-12-6)30(20-24)49-35(43)16-10-4/h19-22,31,38H,7-18,23H2,1-6H3/t31-,38-/m1/s1. The maximum Gasteiger partial charge on any atom is 0.311 e. The molecule has 0 N–H and O–H groups in total. The van der Waals surface area contributed by atoms with E-state index < -0.39 is 48.0 Å². The van der Waals surface area contributed by atoms with E-state index in [1.807, 2.05) is 20.8 Å². The molecular formula is C39H50O13. The summed E-state index contributed by atoms with van der Waals surface area (Å²) in [4.78, 5) is 76.6. The van der Waals surface area contributed by atoms with Crippen molar-refractivity contribution >= 4 is 35.8 Å². The number of hydrogen-bond donors (Lipinski definition) is 0. The van der Waals surface area contributed by atoms with Crippen molar-refractivity contribution in [1.82, 2.24) is 0 Å². The average Bonchev–Trinajstić information content (AvgIpc) is 3.06. The lowest BCUT2D eigenvalue weighted by Gasteiger charge is -2.34. The van der Waals surface area contributed by atoms with Crippen LogP contribution in [0.25, 0.3) is 0 Å². The number of hydrogen-bond acceptors (Lipinski definition) is 13. The van der Waals surface area contributed by atoms with Crippen LogP contribution in [0.1, 0.15) is 136 Å². The second-order valence-corrected chi connectivity index (χ2v) is 12.4. The summed E-state index contributed by atoms with van der Waals surface area (Å²) in [6.45, 7) is 10.9. The van der Waals surface area contributed by atoms with Crippen LogP contribution in [0.2, 0.25) is 0 Å². The molecule has 13 heteroatoms. The van der Waals surface area contributed by atoms with Crippen molar-refractivity contribution in [3.05, 3.63) is 35.4 Å². The number of fused-ring (bicyclic) bond motifs is 1. The molecule has 2 atom stereocenters. The van der Waals surface area contributed by atoms with E-state index in [2.05, 4.69) is 0 Å². The molecule has 0 radical (unpaired) electrons. The number of carbonyl (C=O) groups is 6. The van der Waals surface area contributed by atoms with Crippen LogP contribution in [0, 0.1) is 0 Å². The lowest BCUT2D eigenvalue weighted by Crippen LogP contribution is -2.35. The van der Waals surface area contributed by atoms with Gasteiger partial charge >= 0.3 is 35.8 Å². The third kappa shape index (κ3) is 12.1. The van der Waals surface area contributed by atoms with Gasteiger partial charge in [0, 0.05) is 68.2 Å². The van der Waals surface area contributed by atoms with E-state index in [1.54, 1.807) is 20.8 Å². The van der Waals surface area contributed by atoms with Gasteiger partial charge in [-0.05, 0) is 50.7 Å². The fourth-order valence-electron chi connectivity index (χ4n) is 5.29. The van der Waals surface area contributed by atoms with Crippen molar-refractivity contribution in [2.24, 2.45) is 0 Å². The van der Waals surface area contributed by atoms with Gasteiger partial charge in [-0.1, -0.05) is 41.5 Å². The van der Waals surface area contributed by atoms with E-state index in [9.17, 15) is 28.8 Å². The SMILES string of the molecule is CCCC(=O)Oc1cc(OC(=O)CCC)c2c(c1)O[C@H](c1cc(OC(=O)CCC)c(OC(=O)CCC)c(OC(=O)CCC)c1)[C@H](OC(=O)CCC)C2. The van der Waals surface area contributed by atoms with Gasteiger partial charge in [0.1, 0.15) is 23.4 Å². The third-order valence-corrected chi connectivity index (χ3v) is 7.64. The Hall–Kier alpha value is -4.94. The molecule has 1 aliphatic heterocycles. The molecule has 1 heterocycles. The molecule has 0 fully saturated rings. The Morgan fingerprint density at radius 1 is 0.538 bits per heavy atom. The minimum Gasteiger partial charge on any atom is -0.481 e. The van der Waals surface area contributed by atoms with E-state index in [4.69, 9.17) is 33.2 Å². The van der Waals surface area contributed by atoms with Crippen molar-refractivity contribution < 1.29 is 61.9 Å². The van der Waals surface area contributed by atoms with Crippen LogP contribution in [-0.2, 0) is 39.9 Å². The summed E-state index contributed by atoms with van der Waals surface area (Å²) < 4.78 is 40.7. The Kier molecular flexibility index (Phi) is 16.6. The molecule has 0 aromatic heterocycles. The van der Waals surface area contributed by atoms with Crippen molar-refractivity contribution in [3.63, 3.8) is 0 Å². The molecule has 13 nitrogen and oxygen atoms in total. The van der Waals surface area contributed by atoms with Crippen molar-refractivity contribution in [2.75, 3.05) is 0 Å². The van der Waals surface area contributed by atoms with Crippen LogP contribution in [0.15, 0.2) is 24.3 Å². The van der Waals surface area contributed by atoms with E-state index in [1.165, 1.54) is 24.3 Å². The van der Waals surface area contributed by atoms with Crippen LogP contribution < -0.4 is 28.4 Å². The van der Waals surface area contributed by atoms with Crippen LogP contribution >= 0.6 is 0 Å². The number of carbonyl (C=O) groups excluding carboxylic acids is 6. The van der Waals surface area contributed by atoms with Gasteiger partial charge in [-0.3, -0.25) is 28.8 Å². The first kappa shape index (κ1) is 41.5. The van der Waals surface area contributed by atoms with Crippen molar-refractivity contribution in [1.29, 1.82) is 0 Å². The molecule has 0 saturated heterocycles. The van der Waals surface area contributed by atoms with Gasteiger partial charge in [0.15, 0.2) is 17.6 Å². The Morgan fingerprint density at radius 2 is 0.962 bits per heavy atom. The van der Waals surface area contributed by atoms with E-state index in [0.29, 0.717) is 44.1 Å². The monoisotopic (exact) mass is 726 g/mol. The summed E-state index contributed by atoms with van der Waals surface area (Å²) >= 11 is 0. The summed E-state index contributed by atoms with van der Waals surface area (Å²) in [5.74, 6) is -3.80. The molecule has 3 rings (SSSR count). The summed E-state index contributed by atoms with van der Waals surface area (Å²) in [5.41, 5.74) is 0.631. The predicted octanol–water partition coefficient (Wildman–Crippen LogP) is 7.60. The minimum atomic E-state index is -1.12. The fraction of sp³-hybridized carbons (Fsp3) is 0.538. The molecule has 0 bridgehead atoms. The van der Waals surface area contributed by atoms with E-state index in [0.717, 1.165) is 0 Å². The molecule has 0 aliphatic carbocycles. The summed E-state index contributed by atoms with van der Waals surface area (Å²) in [5, 5.41) is 0. The first-order valence-corrected chi connectivity index (χ1v) is 18.2. The molecule has 2 aromatic carbocycles. The summed E-state index contributed by atoms with van der Waals surface area (Å²) in [6.07, 6.45) is 1.34. The summed E-state index contributed by atoms with van der Waals surface area (Å²) in [6, 6.07) is 5.71. The molecular weight excluding hydrogens is 676 g/mol. The Morgan fingerprint density at radius 3 is 1.44 bits per heavy atom. The first-order valence-electron chi connectivity index (χ1n) is 18.2. The number of benzene rings is 2. The molecule has 1 aliphatic rings. The zero-order chi connectivity index (χ0) is 38.2. The molecule has 0 saturated carbocycles. The highest BCUT2D eigenvalue weighted by atomic mass is 16.6. The summed E-state index contributed by atoms with van der Waals surface area (Å²) in [7, 11) is 0. The highest BCUT2D eigenvalue weighted by Crippen LogP contribution is 2.47. The molecule has 2 aromatic rings. The largest absolute Gasteiger partial charge is 0.481 e. The second-order valence-electron chi connectivity index (χ2n) is 12.4. The van der Waals surface area contributed by atoms with Gasteiger partial charge in [0.05, 0.1) is 0 Å². The molecule has 0 unspecified atom stereocenters. The highest BCUT2D eigenvalue weighted by Gasteiger charge is 2.38. The number of rotatable bonds is 19. The lowest BCUT2D eigenvalue weighted by atomic mass is 9.93. The maximum atomic E-state index is 13.0. The van der Waals surface area contributed by atoms with Gasteiger partial charge in [-0.2, -0.15) is 0 Å². The average molecular weight is 727 g/mol. The minimum absolute atomic E-state index is 0.00344. The fourth-order valence-corrected chi connectivity index (χ4v) is 5.29. The Balaban J connectivity index is 2.28. The first-order chi connectivity index (χ1) is 25.0. The van der Waals surface area contributed by atoms with Gasteiger partial charge < -0.3 is 33.2 Å². The Labute approximate surface area is 304 Å². The maximum absolute atomic E-state index is 13.0. The quantitative estimate of drug-likeness (QED) is 0.103. The number of esters is 6.